The number of nitrogens with zero attached hydrogens (tertiary/aromatic N) is 1. The molecule has 2 aromatic rings. The first-order chi connectivity index (χ1) is 17.0. The number of primary amides is 1. The fourth-order valence-corrected chi connectivity index (χ4v) is 3.05. The van der Waals surface area contributed by atoms with Crippen molar-refractivity contribution >= 4 is 41.4 Å². The van der Waals surface area contributed by atoms with Crippen molar-refractivity contribution in [2.45, 2.75) is 20.8 Å². The standard InChI is InChI=1S/C23H25N5O8/c1-4-26-22(33)15-10-27-19(13(15)3)20(24)28(16-9-14(21(25)32)6-5-12(16)2)23(34)36-11-35-18(31)8-7-17(29)30/h5-10,24,27H,4,11H2,1-3H3,(H2,25,32)(H,26,33)(H,29,30)/b8-7+,24-20?. The van der Waals surface area contributed by atoms with Gasteiger partial charge in [-0.2, -0.15) is 0 Å². The van der Waals surface area contributed by atoms with E-state index in [2.05, 4.69) is 15.0 Å². The predicted molar refractivity (Wildman–Crippen MR) is 127 cm³/mol. The highest BCUT2D eigenvalue weighted by atomic mass is 16.7. The number of rotatable bonds is 9. The fraction of sp³-hybridized carbons (Fsp3) is 0.217. The highest BCUT2D eigenvalue weighted by Crippen LogP contribution is 2.26. The molecule has 2 rings (SSSR count). The van der Waals surface area contributed by atoms with Gasteiger partial charge in [0.25, 0.3) is 5.91 Å². The molecule has 1 aromatic heterocycles. The number of anilines is 1. The van der Waals surface area contributed by atoms with Crippen LogP contribution in [-0.2, 0) is 19.1 Å². The number of esters is 1. The number of aryl methyl sites for hydroxylation is 1. The first kappa shape index (κ1) is 27.3. The molecule has 6 N–H and O–H groups in total. The number of aromatic amines is 1. The predicted octanol–water partition coefficient (Wildman–Crippen LogP) is 1.59. The summed E-state index contributed by atoms with van der Waals surface area (Å²) in [5.74, 6) is -4.04. The summed E-state index contributed by atoms with van der Waals surface area (Å²) in [4.78, 5) is 62.7. The Morgan fingerprint density at radius 1 is 1.17 bits per heavy atom. The Labute approximate surface area is 205 Å². The van der Waals surface area contributed by atoms with Gasteiger partial charge in [-0.3, -0.25) is 15.0 Å². The largest absolute Gasteiger partial charge is 0.478 e. The quantitative estimate of drug-likeness (QED) is 0.112. The lowest BCUT2D eigenvalue weighted by molar-refractivity contribution is -0.146. The third-order valence-corrected chi connectivity index (χ3v) is 4.84. The Hall–Kier alpha value is -4.94. The van der Waals surface area contributed by atoms with E-state index in [1.165, 1.54) is 24.4 Å². The second-order valence-electron chi connectivity index (χ2n) is 7.27. The van der Waals surface area contributed by atoms with Gasteiger partial charge < -0.3 is 30.6 Å². The minimum Gasteiger partial charge on any atom is -0.478 e. The number of amides is 3. The third-order valence-electron chi connectivity index (χ3n) is 4.84. The highest BCUT2D eigenvalue weighted by Gasteiger charge is 2.29. The third kappa shape index (κ3) is 6.56. The lowest BCUT2D eigenvalue weighted by atomic mass is 10.1. The molecule has 1 aromatic carbocycles. The summed E-state index contributed by atoms with van der Waals surface area (Å²) < 4.78 is 9.63. The average molecular weight is 499 g/mol. The topological polar surface area (TPSA) is 205 Å². The number of aliphatic carboxylic acids is 1. The molecule has 0 saturated heterocycles. The summed E-state index contributed by atoms with van der Waals surface area (Å²) in [5.41, 5.74) is 6.70. The van der Waals surface area contributed by atoms with Gasteiger partial charge in [-0.25, -0.2) is 19.3 Å². The van der Waals surface area contributed by atoms with E-state index in [0.717, 1.165) is 4.90 Å². The number of hydrogen-bond acceptors (Lipinski definition) is 8. The Kier molecular flexibility index (Phi) is 9.08. The van der Waals surface area contributed by atoms with Gasteiger partial charge in [-0.05, 0) is 44.0 Å². The van der Waals surface area contributed by atoms with Crippen molar-refractivity contribution in [1.29, 1.82) is 5.41 Å². The number of nitrogens with one attached hydrogen (secondary N) is 3. The van der Waals surface area contributed by atoms with Gasteiger partial charge >= 0.3 is 18.0 Å². The summed E-state index contributed by atoms with van der Waals surface area (Å²) in [6, 6.07) is 4.25. The molecule has 0 atom stereocenters. The number of amidine groups is 1. The molecule has 0 radical (unpaired) electrons. The zero-order valence-corrected chi connectivity index (χ0v) is 19.7. The van der Waals surface area contributed by atoms with E-state index in [1.54, 1.807) is 20.8 Å². The molecule has 0 aliphatic rings. The van der Waals surface area contributed by atoms with Gasteiger partial charge in [0, 0.05) is 30.5 Å². The first-order valence-corrected chi connectivity index (χ1v) is 10.5. The van der Waals surface area contributed by atoms with Gasteiger partial charge in [0.05, 0.1) is 16.9 Å². The van der Waals surface area contributed by atoms with E-state index in [4.69, 9.17) is 21.0 Å². The second kappa shape index (κ2) is 12.0. The van der Waals surface area contributed by atoms with Crippen LogP contribution in [0.2, 0.25) is 0 Å². The lowest BCUT2D eigenvalue weighted by Crippen LogP contribution is -2.39. The van der Waals surface area contributed by atoms with Gasteiger partial charge in [0.2, 0.25) is 12.7 Å². The first-order valence-electron chi connectivity index (χ1n) is 10.5. The molecule has 0 bridgehead atoms. The molecule has 36 heavy (non-hydrogen) atoms. The van der Waals surface area contributed by atoms with E-state index >= 15 is 0 Å². The van der Waals surface area contributed by atoms with Crippen molar-refractivity contribution in [2.24, 2.45) is 5.73 Å². The Morgan fingerprint density at radius 2 is 1.86 bits per heavy atom. The normalized spacial score (nSPS) is 10.5. The molecule has 0 aliphatic carbocycles. The number of carboxylic acids is 1. The summed E-state index contributed by atoms with van der Waals surface area (Å²) in [5, 5.41) is 19.9. The smallest absolute Gasteiger partial charge is 0.423 e. The van der Waals surface area contributed by atoms with Crippen LogP contribution in [0.1, 0.15) is 44.5 Å². The van der Waals surface area contributed by atoms with Gasteiger partial charge in [0.15, 0.2) is 5.84 Å². The number of benzene rings is 1. The van der Waals surface area contributed by atoms with Crippen LogP contribution in [0.15, 0.2) is 36.5 Å². The Bertz CT molecular complexity index is 1250. The minimum atomic E-state index is -1.37. The van der Waals surface area contributed by atoms with E-state index in [1.807, 2.05) is 0 Å². The number of carbonyl (C=O) groups excluding carboxylic acids is 4. The van der Waals surface area contributed by atoms with Crippen molar-refractivity contribution in [2.75, 3.05) is 18.2 Å². The van der Waals surface area contributed by atoms with Gasteiger partial charge in [0.1, 0.15) is 0 Å². The molecule has 13 nitrogen and oxygen atoms in total. The number of H-pyrrole nitrogens is 1. The zero-order valence-electron chi connectivity index (χ0n) is 19.7. The van der Waals surface area contributed by atoms with Crippen molar-refractivity contribution in [1.82, 2.24) is 10.3 Å². The SMILES string of the molecule is CCNC(=O)c1c[nH]c(C(=N)N(C(=O)OCOC(=O)/C=C/C(=O)O)c2cc(C(N)=O)ccc2C)c1C. The van der Waals surface area contributed by atoms with E-state index in [-0.39, 0.29) is 28.4 Å². The van der Waals surface area contributed by atoms with Crippen molar-refractivity contribution in [3.8, 4) is 0 Å². The highest BCUT2D eigenvalue weighted by molar-refractivity contribution is 6.21. The summed E-state index contributed by atoms with van der Waals surface area (Å²) in [6.45, 7) is 4.44. The van der Waals surface area contributed by atoms with Crippen LogP contribution in [0, 0.1) is 19.3 Å². The van der Waals surface area contributed by atoms with Crippen LogP contribution in [0.25, 0.3) is 0 Å². The number of carboxylic acid groups (broad SMARTS) is 1. The van der Waals surface area contributed by atoms with Crippen LogP contribution >= 0.6 is 0 Å². The van der Waals surface area contributed by atoms with Gasteiger partial charge in [-0.15, -0.1) is 0 Å². The molecule has 0 aliphatic heterocycles. The van der Waals surface area contributed by atoms with E-state index in [9.17, 15) is 24.0 Å². The lowest BCUT2D eigenvalue weighted by Gasteiger charge is -2.24. The van der Waals surface area contributed by atoms with Crippen LogP contribution in [0.5, 0.6) is 0 Å². The maximum Gasteiger partial charge on any atom is 0.423 e. The molecule has 13 heteroatoms. The molecule has 3 amide bonds. The average Bonchev–Trinajstić information content (AvgIpc) is 3.20. The van der Waals surface area contributed by atoms with Crippen molar-refractivity contribution < 1.29 is 38.6 Å². The minimum absolute atomic E-state index is 0.0534. The molecule has 1 heterocycles. The van der Waals surface area contributed by atoms with Crippen molar-refractivity contribution in [3.63, 3.8) is 0 Å². The fourth-order valence-electron chi connectivity index (χ4n) is 3.05. The Morgan fingerprint density at radius 3 is 2.47 bits per heavy atom. The molecular formula is C23H25N5O8. The Balaban J connectivity index is 2.42. The van der Waals surface area contributed by atoms with Gasteiger partial charge in [-0.1, -0.05) is 6.07 Å². The number of aromatic nitrogens is 1. The number of hydrogen-bond donors (Lipinski definition) is 5. The number of ether oxygens (including phenoxy) is 2. The molecule has 0 spiro atoms. The summed E-state index contributed by atoms with van der Waals surface area (Å²) in [6.07, 6.45) is 1.40. The summed E-state index contributed by atoms with van der Waals surface area (Å²) in [7, 11) is 0. The number of carbonyl (C=O) groups is 5. The van der Waals surface area contributed by atoms with Crippen LogP contribution < -0.4 is 16.0 Å². The maximum atomic E-state index is 13.0. The maximum absolute atomic E-state index is 13.0. The molecule has 0 saturated carbocycles. The molecular weight excluding hydrogens is 474 g/mol. The molecule has 190 valence electrons. The van der Waals surface area contributed by atoms with Crippen LogP contribution in [0.4, 0.5) is 10.5 Å². The monoisotopic (exact) mass is 499 g/mol. The van der Waals surface area contributed by atoms with Crippen LogP contribution in [-0.4, -0.2) is 59.1 Å². The van der Waals surface area contributed by atoms with E-state index < -0.39 is 36.6 Å². The molecule has 0 unspecified atom stereocenters. The summed E-state index contributed by atoms with van der Waals surface area (Å²) >= 11 is 0. The zero-order chi connectivity index (χ0) is 27.0. The number of nitrogens with two attached hydrogens (primary N) is 1. The van der Waals surface area contributed by atoms with E-state index in [0.29, 0.717) is 29.8 Å². The van der Waals surface area contributed by atoms with Crippen LogP contribution in [0.3, 0.4) is 0 Å². The molecule has 0 fully saturated rings. The van der Waals surface area contributed by atoms with Crippen molar-refractivity contribution in [3.05, 3.63) is 64.5 Å². The second-order valence-corrected chi connectivity index (χ2v) is 7.27.